The van der Waals surface area contributed by atoms with E-state index in [0.717, 1.165) is 10.5 Å². The number of non-ortho nitro benzene ring substituents is 1. The molecule has 5 aromatic rings. The molecule has 0 heterocycles. The third-order valence-electron chi connectivity index (χ3n) is 7.07. The number of methoxy groups -OCH3 is 1. The molecular formula is C37H29ClN4O6S. The summed E-state index contributed by atoms with van der Waals surface area (Å²) in [6.45, 7) is 0. The van der Waals surface area contributed by atoms with Gasteiger partial charge >= 0.3 is 0 Å². The predicted molar refractivity (Wildman–Crippen MR) is 192 cm³/mol. The van der Waals surface area contributed by atoms with Crippen LogP contribution in [0.2, 0.25) is 5.02 Å². The van der Waals surface area contributed by atoms with E-state index in [2.05, 4.69) is 16.0 Å². The van der Waals surface area contributed by atoms with Crippen LogP contribution in [0.25, 0.3) is 6.08 Å². The first-order valence-corrected chi connectivity index (χ1v) is 16.1. The van der Waals surface area contributed by atoms with Crippen LogP contribution < -0.4 is 20.7 Å². The van der Waals surface area contributed by atoms with Crippen molar-refractivity contribution in [2.45, 2.75) is 10.1 Å². The highest BCUT2D eigenvalue weighted by molar-refractivity contribution is 8.00. The fourth-order valence-electron chi connectivity index (χ4n) is 4.61. The molecule has 0 saturated heterocycles. The smallest absolute Gasteiger partial charge is 0.272 e. The molecule has 5 aromatic carbocycles. The van der Waals surface area contributed by atoms with E-state index in [0.29, 0.717) is 33.3 Å². The molecule has 0 aliphatic heterocycles. The molecule has 246 valence electrons. The maximum atomic E-state index is 13.5. The minimum atomic E-state index is -0.619. The molecular weight excluding hydrogens is 664 g/mol. The Labute approximate surface area is 291 Å². The van der Waals surface area contributed by atoms with Crippen molar-refractivity contribution >= 4 is 64.2 Å². The number of nitrogens with one attached hydrogen (secondary N) is 3. The second kappa shape index (κ2) is 16.3. The van der Waals surface area contributed by atoms with Gasteiger partial charge in [-0.15, -0.1) is 11.8 Å². The number of nitro benzene ring substituents is 1. The van der Waals surface area contributed by atoms with Gasteiger partial charge in [-0.05, 0) is 83.9 Å². The summed E-state index contributed by atoms with van der Waals surface area (Å²) < 4.78 is 5.20. The molecule has 0 bridgehead atoms. The summed E-state index contributed by atoms with van der Waals surface area (Å²) in [5, 5.41) is 19.2. The van der Waals surface area contributed by atoms with E-state index in [1.54, 1.807) is 72.8 Å². The van der Waals surface area contributed by atoms with Crippen LogP contribution in [-0.2, 0) is 9.59 Å². The van der Waals surface area contributed by atoms with E-state index in [1.807, 2.05) is 30.3 Å². The molecule has 0 aliphatic rings. The summed E-state index contributed by atoms with van der Waals surface area (Å²) >= 11 is 7.59. The number of thioether (sulfide) groups is 1. The number of halogens is 1. The van der Waals surface area contributed by atoms with Crippen molar-refractivity contribution in [3.63, 3.8) is 0 Å². The normalized spacial score (nSPS) is 11.6. The molecule has 3 amide bonds. The van der Waals surface area contributed by atoms with Gasteiger partial charge in [0.25, 0.3) is 17.5 Å². The van der Waals surface area contributed by atoms with Gasteiger partial charge < -0.3 is 20.7 Å². The number of nitrogens with zero attached hydrogens (tertiary/aromatic N) is 1. The second-order valence-corrected chi connectivity index (χ2v) is 12.0. The first kappa shape index (κ1) is 34.4. The number of carbonyl (C=O) groups excluding carboxylic acids is 3. The highest BCUT2D eigenvalue weighted by Crippen LogP contribution is 2.37. The maximum Gasteiger partial charge on any atom is 0.272 e. The van der Waals surface area contributed by atoms with Crippen LogP contribution in [-0.4, -0.2) is 29.8 Å². The fraction of sp³-hybridized carbons (Fsp3) is 0.0541. The van der Waals surface area contributed by atoms with Gasteiger partial charge in [0.2, 0.25) is 5.91 Å². The Hall–Kier alpha value is -5.91. The Morgan fingerprint density at radius 3 is 2.06 bits per heavy atom. The van der Waals surface area contributed by atoms with Gasteiger partial charge in [-0.2, -0.15) is 0 Å². The first-order chi connectivity index (χ1) is 23.7. The summed E-state index contributed by atoms with van der Waals surface area (Å²) in [7, 11) is 1.51. The highest BCUT2D eigenvalue weighted by Gasteiger charge is 2.23. The van der Waals surface area contributed by atoms with Crippen molar-refractivity contribution in [2.24, 2.45) is 0 Å². The van der Waals surface area contributed by atoms with E-state index < -0.39 is 22.0 Å². The van der Waals surface area contributed by atoms with Crippen molar-refractivity contribution in [1.29, 1.82) is 0 Å². The average Bonchev–Trinajstić information content (AvgIpc) is 3.12. The van der Waals surface area contributed by atoms with Crippen molar-refractivity contribution in [3.05, 3.63) is 165 Å². The molecule has 0 spiro atoms. The minimum Gasteiger partial charge on any atom is -0.495 e. The van der Waals surface area contributed by atoms with Crippen LogP contribution in [0.5, 0.6) is 5.75 Å². The van der Waals surface area contributed by atoms with Crippen LogP contribution in [0.3, 0.4) is 0 Å². The second-order valence-electron chi connectivity index (χ2n) is 10.5. The minimum absolute atomic E-state index is 0.0689. The Kier molecular flexibility index (Phi) is 11.4. The zero-order valence-corrected chi connectivity index (χ0v) is 27.5. The van der Waals surface area contributed by atoms with Crippen molar-refractivity contribution < 1.29 is 24.0 Å². The maximum absolute atomic E-state index is 13.5. The molecule has 3 N–H and O–H groups in total. The average molecular weight is 693 g/mol. The monoisotopic (exact) mass is 692 g/mol. The SMILES string of the molecule is COc1ccc(NC(=O)C(Sc2ccc(NC(=O)/C(=C/c3ccc([N+](=O)[O-])cc3)NC(=O)c3ccccc3)cc2)c2ccccc2)cc1Cl. The quantitative estimate of drug-likeness (QED) is 0.0519. The number of rotatable bonds is 12. The highest BCUT2D eigenvalue weighted by atomic mass is 35.5. The molecule has 12 heteroatoms. The Bertz CT molecular complexity index is 1990. The van der Waals surface area contributed by atoms with Crippen molar-refractivity contribution in [1.82, 2.24) is 5.32 Å². The van der Waals surface area contributed by atoms with E-state index in [1.165, 1.54) is 49.2 Å². The topological polar surface area (TPSA) is 140 Å². The van der Waals surface area contributed by atoms with Gasteiger partial charge in [0.05, 0.1) is 17.1 Å². The predicted octanol–water partition coefficient (Wildman–Crippen LogP) is 8.14. The van der Waals surface area contributed by atoms with Gasteiger partial charge in [-0.25, -0.2) is 0 Å². The van der Waals surface area contributed by atoms with Crippen LogP contribution in [0.15, 0.2) is 138 Å². The summed E-state index contributed by atoms with van der Waals surface area (Å²) in [5.41, 5.74) is 2.39. The summed E-state index contributed by atoms with van der Waals surface area (Å²) in [5.74, 6) is -0.876. The van der Waals surface area contributed by atoms with Crippen LogP contribution in [0.1, 0.15) is 26.7 Å². The van der Waals surface area contributed by atoms with Crippen LogP contribution >= 0.6 is 23.4 Å². The number of hydrogen-bond donors (Lipinski definition) is 3. The number of anilines is 2. The Morgan fingerprint density at radius 1 is 0.816 bits per heavy atom. The lowest BCUT2D eigenvalue weighted by Crippen LogP contribution is -2.30. The molecule has 1 unspecified atom stereocenters. The summed E-state index contributed by atoms with van der Waals surface area (Å²) in [6, 6.07) is 35.2. The zero-order valence-electron chi connectivity index (χ0n) is 26.0. The van der Waals surface area contributed by atoms with Crippen molar-refractivity contribution in [2.75, 3.05) is 17.7 Å². The lowest BCUT2D eigenvalue weighted by atomic mass is 10.1. The molecule has 0 fully saturated rings. The van der Waals surface area contributed by atoms with Gasteiger partial charge in [0.1, 0.15) is 16.7 Å². The molecule has 1 atom stereocenters. The molecule has 0 aromatic heterocycles. The number of ether oxygens (including phenoxy) is 1. The van der Waals surface area contributed by atoms with Crippen LogP contribution in [0, 0.1) is 10.1 Å². The first-order valence-electron chi connectivity index (χ1n) is 14.8. The third kappa shape index (κ3) is 9.34. The lowest BCUT2D eigenvalue weighted by Gasteiger charge is -2.18. The number of benzene rings is 5. The largest absolute Gasteiger partial charge is 0.495 e. The van der Waals surface area contributed by atoms with E-state index in [-0.39, 0.29) is 17.3 Å². The van der Waals surface area contributed by atoms with Gasteiger partial charge in [-0.1, -0.05) is 60.1 Å². The molecule has 0 radical (unpaired) electrons. The van der Waals surface area contributed by atoms with E-state index >= 15 is 0 Å². The number of amides is 3. The number of hydrogen-bond acceptors (Lipinski definition) is 7. The number of carbonyl (C=O) groups is 3. The van der Waals surface area contributed by atoms with Gasteiger partial charge in [0.15, 0.2) is 0 Å². The molecule has 10 nitrogen and oxygen atoms in total. The molecule has 5 rings (SSSR count). The van der Waals surface area contributed by atoms with Gasteiger partial charge in [0, 0.05) is 34.0 Å². The van der Waals surface area contributed by atoms with E-state index in [4.69, 9.17) is 16.3 Å². The third-order valence-corrected chi connectivity index (χ3v) is 8.63. The van der Waals surface area contributed by atoms with E-state index in [9.17, 15) is 24.5 Å². The molecule has 0 aliphatic carbocycles. The lowest BCUT2D eigenvalue weighted by molar-refractivity contribution is -0.384. The number of nitro groups is 1. The Balaban J connectivity index is 1.33. The molecule has 49 heavy (non-hydrogen) atoms. The van der Waals surface area contributed by atoms with Gasteiger partial charge in [-0.3, -0.25) is 24.5 Å². The standard InChI is InChI=1S/C37H29ClN4O6S/c1-48-33-21-16-28(23-31(33)38)40-37(45)34(25-8-4-2-5-9-25)49-30-19-14-27(15-20-30)39-36(44)32(41-35(43)26-10-6-3-7-11-26)22-24-12-17-29(18-13-24)42(46)47/h2-23,34H,1H3,(H,39,44)(H,40,45)(H,41,43)/b32-22-. The fourth-order valence-corrected chi connectivity index (χ4v) is 5.89. The summed E-state index contributed by atoms with van der Waals surface area (Å²) in [4.78, 5) is 51.3. The Morgan fingerprint density at radius 2 is 1.45 bits per heavy atom. The van der Waals surface area contributed by atoms with Crippen molar-refractivity contribution in [3.8, 4) is 5.75 Å². The molecule has 0 saturated carbocycles. The van der Waals surface area contributed by atoms with Crippen LogP contribution in [0.4, 0.5) is 17.1 Å². The zero-order chi connectivity index (χ0) is 34.8. The summed E-state index contributed by atoms with van der Waals surface area (Å²) in [6.07, 6.45) is 1.43.